The van der Waals surface area contributed by atoms with Crippen molar-refractivity contribution in [2.45, 2.75) is 86.9 Å². The van der Waals surface area contributed by atoms with Gasteiger partial charge in [-0.1, -0.05) is 50.5 Å². The molecule has 1 saturated carbocycles. The third kappa shape index (κ3) is 4.50. The Kier molecular flexibility index (Phi) is 7.94. The average Bonchev–Trinajstić information content (AvgIpc) is 3.26. The number of hydrogen-bond acceptors (Lipinski definition) is 6. The summed E-state index contributed by atoms with van der Waals surface area (Å²) in [7, 11) is 0. The summed E-state index contributed by atoms with van der Waals surface area (Å²) < 4.78 is 4.03. The zero-order valence-electron chi connectivity index (χ0n) is 24.9. The van der Waals surface area contributed by atoms with Gasteiger partial charge in [0.2, 0.25) is 17.7 Å². The lowest BCUT2D eigenvalue weighted by Crippen LogP contribution is -2.58. The molecule has 9 heteroatoms. The fraction of sp³-hybridized carbons (Fsp3) is 0.606. The van der Waals surface area contributed by atoms with Crippen LogP contribution < -0.4 is 9.64 Å². The predicted molar refractivity (Wildman–Crippen MR) is 164 cm³/mol. The van der Waals surface area contributed by atoms with Gasteiger partial charge in [-0.2, -0.15) is 0 Å². The van der Waals surface area contributed by atoms with Crippen LogP contribution in [0.2, 0.25) is 0 Å². The molecule has 1 aromatic rings. The molecule has 1 N–H and O–H groups in total. The number of benzene rings is 1. The minimum absolute atomic E-state index is 0.0398. The molecule has 2 saturated heterocycles. The van der Waals surface area contributed by atoms with Gasteiger partial charge < -0.3 is 24.5 Å². The molecule has 0 aromatic heterocycles. The van der Waals surface area contributed by atoms with Crippen LogP contribution in [0.1, 0.15) is 59.3 Å². The van der Waals surface area contributed by atoms with Crippen molar-refractivity contribution >= 4 is 35.2 Å². The summed E-state index contributed by atoms with van der Waals surface area (Å²) in [6.07, 6.45) is 14.1. The topological polar surface area (TPSA) is 90.4 Å². The lowest BCUT2D eigenvalue weighted by molar-refractivity contribution is -0.147. The molecular weight excluding hydrogens is 550 g/mol. The second-order valence-corrected chi connectivity index (χ2v) is 14.2. The van der Waals surface area contributed by atoms with E-state index in [1.807, 2.05) is 56.0 Å². The maximum Gasteiger partial charge on any atom is 0.247 e. The molecule has 4 heterocycles. The van der Waals surface area contributed by atoms with E-state index < -0.39 is 33.4 Å². The Hall–Kier alpha value is -2.78. The predicted octanol–water partition coefficient (Wildman–Crippen LogP) is 4.18. The molecule has 8 nitrogen and oxygen atoms in total. The first-order chi connectivity index (χ1) is 20.3. The number of fused-ring (bicyclic) bond motifs is 2. The zero-order valence-corrected chi connectivity index (χ0v) is 25.7. The number of aliphatic hydroxyl groups is 1. The minimum Gasteiger partial charge on any atom is -0.494 e. The van der Waals surface area contributed by atoms with Crippen LogP contribution in [0, 0.1) is 11.8 Å². The minimum atomic E-state index is -0.901. The Labute approximate surface area is 253 Å². The first-order valence-electron chi connectivity index (χ1n) is 15.6. The van der Waals surface area contributed by atoms with Crippen LogP contribution in [0.3, 0.4) is 0 Å². The van der Waals surface area contributed by atoms with Gasteiger partial charge in [0.25, 0.3) is 0 Å². The molecule has 6 rings (SSSR count). The molecule has 42 heavy (non-hydrogen) atoms. The van der Waals surface area contributed by atoms with E-state index in [0.717, 1.165) is 37.1 Å². The molecule has 1 unspecified atom stereocenters. The summed E-state index contributed by atoms with van der Waals surface area (Å²) in [4.78, 5) is 49.3. The number of aliphatic hydroxyl groups excluding tert-OH is 1. The number of thioether (sulfide) groups is 1. The van der Waals surface area contributed by atoms with Crippen LogP contribution in [0.4, 0.5) is 5.69 Å². The largest absolute Gasteiger partial charge is 0.494 e. The van der Waals surface area contributed by atoms with Gasteiger partial charge in [0, 0.05) is 29.6 Å². The van der Waals surface area contributed by atoms with Crippen molar-refractivity contribution in [2.75, 3.05) is 31.2 Å². The lowest BCUT2D eigenvalue weighted by atomic mass is 9.74. The SMILES string of the molecule is CCOc1ccc(N2CC=C[C@@]3(C)S[C@]45C=CCN(C6CCCCC6)C(=O)C4N([C@@H](CC)CO)C(=O)[C@@H]5[C@H]3C2=O)cc1. The van der Waals surface area contributed by atoms with E-state index in [2.05, 4.69) is 18.2 Å². The Morgan fingerprint density at radius 3 is 2.33 bits per heavy atom. The number of hydrogen-bond donors (Lipinski definition) is 1. The van der Waals surface area contributed by atoms with Gasteiger partial charge in [-0.15, -0.1) is 11.8 Å². The smallest absolute Gasteiger partial charge is 0.247 e. The van der Waals surface area contributed by atoms with Crippen LogP contribution in [-0.4, -0.2) is 86.6 Å². The number of likely N-dealkylation sites (tertiary alicyclic amines) is 1. The fourth-order valence-electron chi connectivity index (χ4n) is 8.13. The van der Waals surface area contributed by atoms with E-state index in [9.17, 15) is 19.5 Å². The number of rotatable bonds is 7. The van der Waals surface area contributed by atoms with Gasteiger partial charge in [-0.25, -0.2) is 0 Å². The number of anilines is 1. The van der Waals surface area contributed by atoms with E-state index in [1.165, 1.54) is 6.42 Å². The number of nitrogens with zero attached hydrogens (tertiary/aromatic N) is 3. The normalized spacial score (nSPS) is 33.8. The highest BCUT2D eigenvalue weighted by molar-refractivity contribution is 8.02. The van der Waals surface area contributed by atoms with E-state index in [-0.39, 0.29) is 30.4 Å². The molecule has 0 radical (unpaired) electrons. The summed E-state index contributed by atoms with van der Waals surface area (Å²) in [5.74, 6) is -0.986. The Balaban J connectivity index is 1.43. The summed E-state index contributed by atoms with van der Waals surface area (Å²) >= 11 is 1.60. The van der Waals surface area contributed by atoms with Crippen molar-refractivity contribution < 1.29 is 24.2 Å². The van der Waals surface area contributed by atoms with Crippen LogP contribution in [0.25, 0.3) is 0 Å². The van der Waals surface area contributed by atoms with Crippen LogP contribution in [0.5, 0.6) is 5.75 Å². The molecular formula is C33H43N3O5S. The zero-order chi connectivity index (χ0) is 29.6. The summed E-state index contributed by atoms with van der Waals surface area (Å²) in [5.41, 5.74) is 0.750. The van der Waals surface area contributed by atoms with E-state index in [1.54, 1.807) is 21.6 Å². The number of carbonyl (C=O) groups excluding carboxylic acids is 3. The summed E-state index contributed by atoms with van der Waals surface area (Å²) in [6.45, 7) is 7.17. The van der Waals surface area contributed by atoms with Crippen molar-refractivity contribution in [2.24, 2.45) is 11.8 Å². The average molecular weight is 594 g/mol. The van der Waals surface area contributed by atoms with E-state index in [0.29, 0.717) is 26.1 Å². The number of carbonyl (C=O) groups is 3. The highest BCUT2D eigenvalue weighted by atomic mass is 32.2. The van der Waals surface area contributed by atoms with Gasteiger partial charge in [0.05, 0.1) is 35.8 Å². The lowest BCUT2D eigenvalue weighted by Gasteiger charge is -2.41. The molecule has 5 aliphatic rings. The van der Waals surface area contributed by atoms with Crippen molar-refractivity contribution in [1.29, 1.82) is 0 Å². The first-order valence-corrected chi connectivity index (χ1v) is 16.4. The van der Waals surface area contributed by atoms with Gasteiger partial charge in [-0.05, 0) is 57.4 Å². The fourth-order valence-corrected chi connectivity index (χ4v) is 10.3. The molecule has 0 bridgehead atoms. The van der Waals surface area contributed by atoms with Gasteiger partial charge >= 0.3 is 0 Å². The number of ether oxygens (including phenoxy) is 1. The molecule has 1 aromatic carbocycles. The molecule has 3 fully saturated rings. The standard InChI is InChI=1S/C33H43N3O5S/c1-4-22(21-37)36-28-31(40)35(23-11-7-6-8-12-23)20-10-18-33(28)27(30(36)39)26-29(38)34(19-9-17-32(26,3)42-33)24-13-15-25(16-14-24)41-5-2/h9-10,13-18,22-23,26-28,37H,4-8,11-12,19-21H2,1-3H3/t22-,26-,27-,28?,32+,33-/m0/s1. The molecule has 3 amide bonds. The van der Waals surface area contributed by atoms with Crippen molar-refractivity contribution in [3.05, 3.63) is 48.6 Å². The monoisotopic (exact) mass is 593 g/mol. The quantitative estimate of drug-likeness (QED) is 0.478. The van der Waals surface area contributed by atoms with Crippen LogP contribution >= 0.6 is 11.8 Å². The molecule has 4 aliphatic heterocycles. The third-order valence-corrected chi connectivity index (χ3v) is 11.9. The van der Waals surface area contributed by atoms with Crippen molar-refractivity contribution in [3.63, 3.8) is 0 Å². The van der Waals surface area contributed by atoms with Gasteiger partial charge in [0.1, 0.15) is 11.8 Å². The van der Waals surface area contributed by atoms with Gasteiger partial charge in [0.15, 0.2) is 0 Å². The van der Waals surface area contributed by atoms with Crippen molar-refractivity contribution in [3.8, 4) is 5.75 Å². The first kappa shape index (κ1) is 29.3. The Morgan fingerprint density at radius 1 is 0.952 bits per heavy atom. The Bertz CT molecular complexity index is 1270. The van der Waals surface area contributed by atoms with Gasteiger partial charge in [-0.3, -0.25) is 14.4 Å². The molecule has 6 atom stereocenters. The summed E-state index contributed by atoms with van der Waals surface area (Å²) in [6, 6.07) is 6.41. The van der Waals surface area contributed by atoms with Crippen LogP contribution in [-0.2, 0) is 14.4 Å². The second-order valence-electron chi connectivity index (χ2n) is 12.5. The van der Waals surface area contributed by atoms with E-state index in [4.69, 9.17) is 4.74 Å². The third-order valence-electron chi connectivity index (χ3n) is 10.1. The highest BCUT2D eigenvalue weighted by Gasteiger charge is 2.74. The highest BCUT2D eigenvalue weighted by Crippen LogP contribution is 2.66. The van der Waals surface area contributed by atoms with Crippen molar-refractivity contribution in [1.82, 2.24) is 9.80 Å². The maximum absolute atomic E-state index is 14.7. The second kappa shape index (κ2) is 11.4. The summed E-state index contributed by atoms with van der Waals surface area (Å²) in [5, 5.41) is 10.4. The Morgan fingerprint density at radius 2 is 1.67 bits per heavy atom. The van der Waals surface area contributed by atoms with E-state index >= 15 is 0 Å². The molecule has 1 spiro atoms. The van der Waals surface area contributed by atoms with Crippen LogP contribution in [0.15, 0.2) is 48.6 Å². The maximum atomic E-state index is 14.7. The number of amides is 3. The molecule has 1 aliphatic carbocycles. The molecule has 226 valence electrons.